The first-order chi connectivity index (χ1) is 26.4. The summed E-state index contributed by atoms with van der Waals surface area (Å²) in [5.41, 5.74) is 13.3. The Morgan fingerprint density at radius 3 is 2.42 bits per heavy atom. The van der Waals surface area contributed by atoms with Crippen LogP contribution in [0, 0.1) is 18.6 Å². The van der Waals surface area contributed by atoms with Crippen LogP contribution in [0.5, 0.6) is 5.75 Å². The number of ether oxygens (including phenoxy) is 1. The molecular formula is C37H47F2N9O7. The summed E-state index contributed by atoms with van der Waals surface area (Å²) in [7, 11) is 1.28. The van der Waals surface area contributed by atoms with Crippen molar-refractivity contribution in [3.8, 4) is 17.0 Å². The predicted octanol–water partition coefficient (Wildman–Crippen LogP) is 3.00. The Morgan fingerprint density at radius 1 is 1.09 bits per heavy atom. The molecule has 296 valence electrons. The average Bonchev–Trinajstić information content (AvgIpc) is 3.88. The monoisotopic (exact) mass is 767 g/mol. The second kappa shape index (κ2) is 20.1. The fourth-order valence-electron chi connectivity index (χ4n) is 6.26. The molecule has 2 aliphatic rings. The summed E-state index contributed by atoms with van der Waals surface area (Å²) in [5.74, 6) is -2.75. The van der Waals surface area contributed by atoms with Crippen LogP contribution in [0.25, 0.3) is 16.9 Å². The van der Waals surface area contributed by atoms with Crippen molar-refractivity contribution in [2.45, 2.75) is 51.1 Å². The van der Waals surface area contributed by atoms with Crippen LogP contribution in [0.2, 0.25) is 0 Å². The van der Waals surface area contributed by atoms with Crippen LogP contribution in [-0.2, 0) is 14.4 Å². The molecule has 4 aromatic rings. The number of unbranched alkanes of at least 4 members (excludes halogenated alkanes) is 1. The van der Waals surface area contributed by atoms with E-state index in [2.05, 4.69) is 20.6 Å². The normalized spacial score (nSPS) is 15.6. The minimum Gasteiger partial charge on any atom is -0.494 e. The zero-order valence-corrected chi connectivity index (χ0v) is 30.7. The Hall–Kier alpha value is -5.72. The van der Waals surface area contributed by atoms with Gasteiger partial charge in [0.15, 0.2) is 23.0 Å². The number of anilines is 2. The van der Waals surface area contributed by atoms with Gasteiger partial charge in [-0.2, -0.15) is 4.39 Å². The van der Waals surface area contributed by atoms with Crippen LogP contribution in [0.15, 0.2) is 48.9 Å². The Kier molecular flexibility index (Phi) is 15.4. The van der Waals surface area contributed by atoms with Gasteiger partial charge in [-0.1, -0.05) is 6.42 Å². The van der Waals surface area contributed by atoms with Crippen molar-refractivity contribution in [1.29, 1.82) is 0 Å². The van der Waals surface area contributed by atoms with Gasteiger partial charge in [0.1, 0.15) is 6.04 Å². The van der Waals surface area contributed by atoms with Crippen LogP contribution in [0.4, 0.5) is 20.3 Å². The number of hydrogen-bond acceptors (Lipinski definition) is 11. The lowest BCUT2D eigenvalue weighted by Gasteiger charge is -2.36. The Morgan fingerprint density at radius 2 is 1.80 bits per heavy atom. The number of methoxy groups -OCH3 is 1. The molecule has 0 aliphatic carbocycles. The van der Waals surface area contributed by atoms with Gasteiger partial charge in [0.05, 0.1) is 25.0 Å². The SMILES string of the molecule is COc1ccc(-c2cnc3c(Nc4ccc(C(=O)N5CCN(C(=O)C6CCCN6)CC5)c(C)c4)nccn23)c(F)c1F.NCCCCC(N)C(=O)O.O=CO. The summed E-state index contributed by atoms with van der Waals surface area (Å²) in [6, 6.07) is 7.41. The summed E-state index contributed by atoms with van der Waals surface area (Å²) in [5, 5.41) is 21.7. The molecule has 18 heteroatoms. The zero-order chi connectivity index (χ0) is 40.1. The molecule has 16 nitrogen and oxygen atoms in total. The summed E-state index contributed by atoms with van der Waals surface area (Å²) in [6.45, 7) is 5.12. The molecule has 0 radical (unpaired) electrons. The molecule has 0 spiro atoms. The number of carbonyl (C=O) groups is 4. The van der Waals surface area contributed by atoms with E-state index in [0.29, 0.717) is 67.6 Å². The minimum atomic E-state index is -1.07. The molecule has 0 saturated carbocycles. The molecule has 8 N–H and O–H groups in total. The van der Waals surface area contributed by atoms with E-state index in [4.69, 9.17) is 31.2 Å². The number of nitrogens with two attached hydrogens (primary N) is 2. The van der Waals surface area contributed by atoms with E-state index in [0.717, 1.165) is 37.8 Å². The lowest BCUT2D eigenvalue weighted by Crippen LogP contribution is -2.54. The minimum absolute atomic E-state index is 0.0389. The average molecular weight is 768 g/mol. The standard InChI is InChI=1S/C30H31F2N7O3.C6H14N2O2.CH2O2/c1-18-16-19(5-6-20(18)29(40)37-12-14-38(15-13-37)30(41)22-4-3-9-33-22)36-27-28-35-17-23(39(28)11-10-34-27)21-7-8-24(42-2)26(32)25(21)31;7-4-2-1-3-5(8)6(9)10;2-1-3/h5-8,10-11,16-17,22,33H,3-4,9,12-15H2,1-2H3,(H,34,36);5H,1-4,7-8H2,(H,9,10);1H,(H,2,3). The Labute approximate surface area is 316 Å². The van der Waals surface area contributed by atoms with Gasteiger partial charge in [0.2, 0.25) is 11.7 Å². The number of rotatable bonds is 11. The predicted molar refractivity (Wildman–Crippen MR) is 200 cm³/mol. The van der Waals surface area contributed by atoms with E-state index in [-0.39, 0.29) is 35.6 Å². The Balaban J connectivity index is 0.000000447. The van der Waals surface area contributed by atoms with Crippen LogP contribution in [-0.4, -0.2) is 117 Å². The van der Waals surface area contributed by atoms with Crippen molar-refractivity contribution < 1.29 is 42.9 Å². The summed E-state index contributed by atoms with van der Waals surface area (Å²) < 4.78 is 35.7. The molecule has 2 amide bonds. The number of hydrogen-bond donors (Lipinski definition) is 6. The maximum atomic E-state index is 14.8. The quantitative estimate of drug-likeness (QED) is 0.0954. The summed E-state index contributed by atoms with van der Waals surface area (Å²) in [6.07, 6.45) is 8.66. The molecule has 2 atom stereocenters. The third-order valence-corrected chi connectivity index (χ3v) is 9.21. The van der Waals surface area contributed by atoms with Gasteiger partial charge in [-0.15, -0.1) is 0 Å². The van der Waals surface area contributed by atoms with Gasteiger partial charge in [0, 0.05) is 55.4 Å². The maximum Gasteiger partial charge on any atom is 0.320 e. The molecule has 2 unspecified atom stereocenters. The maximum absolute atomic E-state index is 14.8. The highest BCUT2D eigenvalue weighted by Crippen LogP contribution is 2.32. The number of nitrogens with zero attached hydrogens (tertiary/aromatic N) is 5. The summed E-state index contributed by atoms with van der Waals surface area (Å²) >= 11 is 0. The van der Waals surface area contributed by atoms with E-state index >= 15 is 0 Å². The van der Waals surface area contributed by atoms with Crippen molar-refractivity contribution in [2.75, 3.05) is 51.7 Å². The van der Waals surface area contributed by atoms with Crippen molar-refractivity contribution >= 4 is 41.4 Å². The number of imidazole rings is 1. The van der Waals surface area contributed by atoms with Crippen molar-refractivity contribution in [3.63, 3.8) is 0 Å². The topological polar surface area (TPSA) is 231 Å². The number of carboxylic acids is 1. The number of aryl methyl sites for hydroxylation is 1. The largest absolute Gasteiger partial charge is 0.494 e. The highest BCUT2D eigenvalue weighted by atomic mass is 19.2. The van der Waals surface area contributed by atoms with Crippen LogP contribution in [0.1, 0.15) is 48.0 Å². The number of amides is 2. The Bertz CT molecular complexity index is 1950. The highest BCUT2D eigenvalue weighted by Gasteiger charge is 2.31. The third-order valence-electron chi connectivity index (χ3n) is 9.21. The van der Waals surface area contributed by atoms with Gasteiger partial charge in [-0.25, -0.2) is 14.4 Å². The molecule has 2 aliphatic heterocycles. The number of benzene rings is 2. The summed E-state index contributed by atoms with van der Waals surface area (Å²) in [4.78, 5) is 57.0. The first-order valence-corrected chi connectivity index (χ1v) is 17.7. The molecule has 2 fully saturated rings. The van der Waals surface area contributed by atoms with Crippen LogP contribution >= 0.6 is 0 Å². The molecule has 2 saturated heterocycles. The van der Waals surface area contributed by atoms with Crippen LogP contribution < -0.4 is 26.8 Å². The lowest BCUT2D eigenvalue weighted by atomic mass is 10.1. The molecule has 2 aromatic heterocycles. The smallest absolute Gasteiger partial charge is 0.320 e. The first-order valence-electron chi connectivity index (χ1n) is 17.7. The van der Waals surface area contributed by atoms with Gasteiger partial charge in [0.25, 0.3) is 12.4 Å². The lowest BCUT2D eigenvalue weighted by molar-refractivity contribution is -0.138. The zero-order valence-electron chi connectivity index (χ0n) is 30.7. The highest BCUT2D eigenvalue weighted by molar-refractivity contribution is 5.96. The van der Waals surface area contributed by atoms with Crippen molar-refractivity contribution in [1.82, 2.24) is 29.5 Å². The molecule has 55 heavy (non-hydrogen) atoms. The molecule has 6 rings (SSSR count). The number of aliphatic carboxylic acids is 1. The van der Waals surface area contributed by atoms with Crippen molar-refractivity contribution in [2.24, 2.45) is 11.5 Å². The molecule has 2 aromatic carbocycles. The van der Waals surface area contributed by atoms with E-state index < -0.39 is 23.6 Å². The number of aromatic nitrogens is 3. The number of carbonyl (C=O) groups excluding carboxylic acids is 2. The number of halogens is 2. The number of piperazine rings is 1. The number of carboxylic acid groups (broad SMARTS) is 2. The second-order valence-corrected chi connectivity index (χ2v) is 12.8. The fourth-order valence-corrected chi connectivity index (χ4v) is 6.26. The third kappa shape index (κ3) is 10.5. The van der Waals surface area contributed by atoms with Crippen molar-refractivity contribution in [3.05, 3.63) is 71.7 Å². The van der Waals surface area contributed by atoms with E-state index in [1.165, 1.54) is 31.6 Å². The van der Waals surface area contributed by atoms with E-state index in [1.54, 1.807) is 27.6 Å². The van der Waals surface area contributed by atoms with Crippen LogP contribution in [0.3, 0.4) is 0 Å². The van der Waals surface area contributed by atoms with Gasteiger partial charge in [-0.05, 0) is 81.6 Å². The second-order valence-electron chi connectivity index (χ2n) is 12.8. The fraction of sp³-hybridized carbons (Fsp3) is 0.405. The molecule has 0 bridgehead atoms. The number of fused-ring (bicyclic) bond motifs is 1. The number of nitrogens with one attached hydrogen (secondary N) is 2. The van der Waals surface area contributed by atoms with Gasteiger partial charge < -0.3 is 46.9 Å². The van der Waals surface area contributed by atoms with Gasteiger partial charge in [-0.3, -0.25) is 23.6 Å². The van der Waals surface area contributed by atoms with E-state index in [9.17, 15) is 23.2 Å². The molecular weight excluding hydrogens is 720 g/mol. The van der Waals surface area contributed by atoms with Gasteiger partial charge >= 0.3 is 5.97 Å². The first kappa shape index (κ1) is 42.0. The molecule has 4 heterocycles. The van der Waals surface area contributed by atoms with E-state index in [1.807, 2.05) is 17.9 Å².